The first-order valence-corrected chi connectivity index (χ1v) is 9.57. The van der Waals surface area contributed by atoms with Crippen LogP contribution in [0.4, 0.5) is 4.39 Å². The molecule has 1 saturated heterocycles. The Balaban J connectivity index is 1.47. The Morgan fingerprint density at radius 3 is 2.44 bits per heavy atom. The number of aliphatic hydroxyl groups excluding tert-OH is 1. The predicted octanol–water partition coefficient (Wildman–Crippen LogP) is 2.56. The number of carbonyl (C=O) groups excluding carboxylic acids is 1. The number of carbonyl (C=O) groups is 1. The van der Waals surface area contributed by atoms with E-state index in [2.05, 4.69) is 17.0 Å². The molecule has 0 radical (unpaired) electrons. The van der Waals surface area contributed by atoms with Crippen LogP contribution in [0.1, 0.15) is 24.0 Å². The minimum absolute atomic E-state index is 0.0480. The van der Waals surface area contributed by atoms with Crippen LogP contribution in [0.2, 0.25) is 0 Å². The number of benzene rings is 2. The van der Waals surface area contributed by atoms with Gasteiger partial charge in [-0.2, -0.15) is 0 Å². The van der Waals surface area contributed by atoms with E-state index in [4.69, 9.17) is 0 Å². The number of hydrogen-bond donors (Lipinski definition) is 1. The number of aliphatic hydroxyl groups is 1. The zero-order valence-electron chi connectivity index (χ0n) is 15.4. The van der Waals surface area contributed by atoms with Crippen LogP contribution in [0.5, 0.6) is 0 Å². The highest BCUT2D eigenvalue weighted by Crippen LogP contribution is 2.50. The molecule has 0 spiro atoms. The molecule has 1 heterocycles. The van der Waals surface area contributed by atoms with Crippen molar-refractivity contribution < 1.29 is 14.3 Å². The summed E-state index contributed by atoms with van der Waals surface area (Å²) in [6.45, 7) is 2.84. The van der Waals surface area contributed by atoms with E-state index in [1.807, 2.05) is 18.2 Å². The normalized spacial score (nSPS) is 22.3. The molecule has 2 aromatic rings. The summed E-state index contributed by atoms with van der Waals surface area (Å²) < 4.78 is 14.3. The minimum Gasteiger partial charge on any atom is -0.390 e. The Bertz CT molecular complexity index is 807. The van der Waals surface area contributed by atoms with Gasteiger partial charge in [0.25, 0.3) is 0 Å². The van der Waals surface area contributed by atoms with Crippen molar-refractivity contribution in [1.29, 1.82) is 0 Å². The molecule has 1 aliphatic carbocycles. The van der Waals surface area contributed by atoms with Crippen LogP contribution in [0.3, 0.4) is 0 Å². The highest BCUT2D eigenvalue weighted by molar-refractivity contribution is 5.91. The molecule has 4 nitrogen and oxygen atoms in total. The molecule has 1 atom stereocenters. The maximum absolute atomic E-state index is 14.3. The van der Waals surface area contributed by atoms with E-state index >= 15 is 0 Å². The second kappa shape index (κ2) is 7.41. The number of rotatable bonds is 4. The van der Waals surface area contributed by atoms with E-state index in [9.17, 15) is 14.3 Å². The van der Waals surface area contributed by atoms with Gasteiger partial charge in [0.15, 0.2) is 0 Å². The number of hydrogen-bond acceptors (Lipinski definition) is 3. The zero-order valence-corrected chi connectivity index (χ0v) is 15.4. The average molecular weight is 368 g/mol. The first kappa shape index (κ1) is 18.1. The molecule has 2 aromatic carbocycles. The summed E-state index contributed by atoms with van der Waals surface area (Å²) in [6.07, 6.45) is 0.747. The van der Waals surface area contributed by atoms with Crippen LogP contribution >= 0.6 is 0 Å². The van der Waals surface area contributed by atoms with Crippen LogP contribution < -0.4 is 0 Å². The topological polar surface area (TPSA) is 43.8 Å². The molecule has 1 N–H and O–H groups in total. The third-order valence-electron chi connectivity index (χ3n) is 5.67. The van der Waals surface area contributed by atoms with Crippen LogP contribution in [-0.2, 0) is 16.8 Å². The molecule has 142 valence electrons. The fraction of sp³-hybridized carbons (Fsp3) is 0.409. The van der Waals surface area contributed by atoms with E-state index in [1.165, 1.54) is 11.6 Å². The minimum atomic E-state index is -0.736. The lowest BCUT2D eigenvalue weighted by Gasteiger charge is -2.27. The molecule has 0 bridgehead atoms. The fourth-order valence-corrected chi connectivity index (χ4v) is 4.10. The zero-order chi connectivity index (χ0) is 18.9. The van der Waals surface area contributed by atoms with Crippen LogP contribution in [0, 0.1) is 5.82 Å². The summed E-state index contributed by atoms with van der Waals surface area (Å²) in [5.41, 5.74) is 0.948. The lowest BCUT2D eigenvalue weighted by molar-refractivity contribution is -0.135. The van der Waals surface area contributed by atoms with Gasteiger partial charge in [-0.15, -0.1) is 0 Å². The Labute approximate surface area is 159 Å². The van der Waals surface area contributed by atoms with E-state index in [1.54, 1.807) is 23.1 Å². The summed E-state index contributed by atoms with van der Waals surface area (Å²) in [5, 5.41) is 10.5. The lowest BCUT2D eigenvalue weighted by Crippen LogP contribution is -2.43. The Kier molecular flexibility index (Phi) is 4.98. The molecule has 0 aromatic heterocycles. The molecule has 2 fully saturated rings. The summed E-state index contributed by atoms with van der Waals surface area (Å²) in [5.74, 6) is -0.363. The van der Waals surface area contributed by atoms with E-state index in [-0.39, 0.29) is 11.7 Å². The molecule has 5 heteroatoms. The maximum Gasteiger partial charge on any atom is 0.233 e. The fourth-order valence-electron chi connectivity index (χ4n) is 4.10. The standard InChI is InChI=1S/C22H25FN2O2/c23-20-9-5-4-8-19(20)22(10-11-22)21(27)25-13-12-24(15-18(26)16-25)14-17-6-2-1-3-7-17/h1-9,18,26H,10-16H2/t18-/m1/s1. The predicted molar refractivity (Wildman–Crippen MR) is 102 cm³/mol. The molecule has 4 rings (SSSR count). The van der Waals surface area contributed by atoms with Crippen LogP contribution in [0.25, 0.3) is 0 Å². The van der Waals surface area contributed by atoms with Gasteiger partial charge in [0.1, 0.15) is 5.82 Å². The van der Waals surface area contributed by atoms with Crippen LogP contribution in [0.15, 0.2) is 54.6 Å². The van der Waals surface area contributed by atoms with E-state index in [0.29, 0.717) is 44.6 Å². The average Bonchev–Trinajstić information content (AvgIpc) is 3.48. The van der Waals surface area contributed by atoms with Gasteiger partial charge in [-0.25, -0.2) is 4.39 Å². The molecule has 27 heavy (non-hydrogen) atoms. The number of halogens is 1. The SMILES string of the molecule is O=C(N1CCN(Cc2ccccc2)C[C@@H](O)C1)C1(c2ccccc2F)CC1. The van der Waals surface area contributed by atoms with Crippen molar-refractivity contribution in [3.8, 4) is 0 Å². The second-order valence-corrected chi connectivity index (χ2v) is 7.69. The highest BCUT2D eigenvalue weighted by Gasteiger charge is 2.54. The van der Waals surface area contributed by atoms with Crippen molar-refractivity contribution in [1.82, 2.24) is 9.80 Å². The molecule has 1 saturated carbocycles. The van der Waals surface area contributed by atoms with Gasteiger partial charge in [-0.1, -0.05) is 48.5 Å². The monoisotopic (exact) mass is 368 g/mol. The summed E-state index contributed by atoms with van der Waals surface area (Å²) >= 11 is 0. The Morgan fingerprint density at radius 2 is 1.74 bits per heavy atom. The van der Waals surface area contributed by atoms with E-state index in [0.717, 1.165) is 6.54 Å². The number of β-amino-alcohol motifs (C(OH)–C–C–N with tert-alkyl or cyclic N) is 1. The van der Waals surface area contributed by atoms with Crippen molar-refractivity contribution in [2.45, 2.75) is 30.9 Å². The highest BCUT2D eigenvalue weighted by atomic mass is 19.1. The van der Waals surface area contributed by atoms with Gasteiger partial charge in [-0.05, 0) is 24.5 Å². The van der Waals surface area contributed by atoms with Crippen molar-refractivity contribution >= 4 is 5.91 Å². The maximum atomic E-state index is 14.3. The molecule has 0 unspecified atom stereocenters. The van der Waals surface area contributed by atoms with Gasteiger partial charge in [0.05, 0.1) is 11.5 Å². The van der Waals surface area contributed by atoms with E-state index < -0.39 is 11.5 Å². The third kappa shape index (κ3) is 3.75. The smallest absolute Gasteiger partial charge is 0.233 e. The lowest BCUT2D eigenvalue weighted by atomic mass is 9.93. The van der Waals surface area contributed by atoms with Gasteiger partial charge >= 0.3 is 0 Å². The quantitative estimate of drug-likeness (QED) is 0.902. The number of nitrogens with zero attached hydrogens (tertiary/aromatic N) is 2. The molecule has 1 aliphatic heterocycles. The molecule has 2 aliphatic rings. The van der Waals surface area contributed by atoms with Gasteiger partial charge in [0, 0.05) is 38.3 Å². The molecular formula is C22H25FN2O2. The summed E-state index contributed by atoms with van der Waals surface area (Å²) in [4.78, 5) is 17.1. The van der Waals surface area contributed by atoms with Crippen molar-refractivity contribution in [3.63, 3.8) is 0 Å². The molecule has 1 amide bonds. The first-order valence-electron chi connectivity index (χ1n) is 9.57. The van der Waals surface area contributed by atoms with Crippen LogP contribution in [-0.4, -0.2) is 53.1 Å². The van der Waals surface area contributed by atoms with Gasteiger partial charge in [-0.3, -0.25) is 9.69 Å². The van der Waals surface area contributed by atoms with Gasteiger partial charge in [0.2, 0.25) is 5.91 Å². The second-order valence-electron chi connectivity index (χ2n) is 7.69. The van der Waals surface area contributed by atoms with Crippen molar-refractivity contribution in [2.24, 2.45) is 0 Å². The first-order chi connectivity index (χ1) is 13.1. The summed E-state index contributed by atoms with van der Waals surface area (Å²) in [6, 6.07) is 16.7. The van der Waals surface area contributed by atoms with Gasteiger partial charge < -0.3 is 10.0 Å². The van der Waals surface area contributed by atoms with Crippen molar-refractivity contribution in [2.75, 3.05) is 26.2 Å². The number of amides is 1. The molecular weight excluding hydrogens is 343 g/mol. The van der Waals surface area contributed by atoms with Crippen molar-refractivity contribution in [3.05, 3.63) is 71.5 Å². The summed E-state index contributed by atoms with van der Waals surface area (Å²) in [7, 11) is 0. The Hall–Kier alpha value is -2.24. The third-order valence-corrected chi connectivity index (χ3v) is 5.67. The Morgan fingerprint density at radius 1 is 1.04 bits per heavy atom. The largest absolute Gasteiger partial charge is 0.390 e.